The first-order valence-corrected chi connectivity index (χ1v) is 8.02. The van der Waals surface area contributed by atoms with Gasteiger partial charge in [0.1, 0.15) is 5.69 Å². The molecule has 3 aromatic rings. The van der Waals surface area contributed by atoms with Gasteiger partial charge in [0, 0.05) is 17.5 Å². The maximum atomic E-state index is 13.0. The van der Waals surface area contributed by atoms with Gasteiger partial charge in [0.05, 0.1) is 30.8 Å². The van der Waals surface area contributed by atoms with Crippen molar-refractivity contribution in [3.63, 3.8) is 0 Å². The summed E-state index contributed by atoms with van der Waals surface area (Å²) in [5, 5.41) is 0. The molecule has 4 nitrogen and oxygen atoms in total. The van der Waals surface area contributed by atoms with Crippen LogP contribution < -0.4 is 0 Å². The van der Waals surface area contributed by atoms with Crippen LogP contribution in [0.25, 0.3) is 22.6 Å². The van der Waals surface area contributed by atoms with Gasteiger partial charge in [-0.05, 0) is 36.2 Å². The van der Waals surface area contributed by atoms with Crippen LogP contribution in [0.1, 0.15) is 16.8 Å². The Morgan fingerprint density at radius 3 is 2.88 bits per heavy atom. The maximum Gasteiger partial charge on any atom is 0.256 e. The van der Waals surface area contributed by atoms with Crippen molar-refractivity contribution in [3.05, 3.63) is 59.5 Å². The zero-order chi connectivity index (χ0) is 17.4. The molecule has 0 aliphatic carbocycles. The second-order valence-corrected chi connectivity index (χ2v) is 6.03. The van der Waals surface area contributed by atoms with E-state index in [2.05, 4.69) is 15.0 Å². The number of imidazole rings is 1. The third-order valence-corrected chi connectivity index (χ3v) is 4.21. The quantitative estimate of drug-likeness (QED) is 0.718. The Hall–Kier alpha value is -2.89. The molecule has 0 bridgehead atoms. The number of hydrogen-bond acceptors (Lipinski definition) is 3. The number of fused-ring (bicyclic) bond motifs is 1. The summed E-state index contributed by atoms with van der Waals surface area (Å²) in [6, 6.07) is 11.5. The zero-order valence-electron chi connectivity index (χ0n) is 13.7. The Balaban J connectivity index is 1.89. The van der Waals surface area contributed by atoms with Gasteiger partial charge in [0.15, 0.2) is 0 Å². The minimum absolute atomic E-state index is 0.403. The molecule has 6 heteroatoms. The molecule has 1 aliphatic rings. The van der Waals surface area contributed by atoms with Crippen LogP contribution in [0.5, 0.6) is 0 Å². The van der Waals surface area contributed by atoms with Gasteiger partial charge in [-0.3, -0.25) is 9.98 Å². The van der Waals surface area contributed by atoms with Crippen molar-refractivity contribution in [1.29, 1.82) is 0 Å². The van der Waals surface area contributed by atoms with Crippen LogP contribution in [-0.4, -0.2) is 27.2 Å². The Morgan fingerprint density at radius 2 is 2.08 bits per heavy atom. The van der Waals surface area contributed by atoms with Gasteiger partial charge in [-0.2, -0.15) is 0 Å². The number of aliphatic imine (C=N–C) groups is 1. The van der Waals surface area contributed by atoms with Crippen molar-refractivity contribution in [2.45, 2.75) is 26.4 Å². The van der Waals surface area contributed by atoms with E-state index in [1.807, 2.05) is 49.5 Å². The number of alkyl halides is 2. The zero-order valence-corrected chi connectivity index (χ0v) is 13.7. The Bertz CT molecular complexity index is 960. The van der Waals surface area contributed by atoms with E-state index in [9.17, 15) is 8.78 Å². The molecule has 3 heterocycles. The third kappa shape index (κ3) is 2.95. The highest BCUT2D eigenvalue weighted by Gasteiger charge is 2.19. The summed E-state index contributed by atoms with van der Waals surface area (Å²) in [5.41, 5.74) is 5.79. The molecular weight excluding hydrogens is 322 g/mol. The number of aromatic nitrogens is 3. The monoisotopic (exact) mass is 338 g/mol. The van der Waals surface area contributed by atoms with Crippen molar-refractivity contribution in [1.82, 2.24) is 14.5 Å². The molecule has 0 fully saturated rings. The minimum atomic E-state index is -2.46. The highest BCUT2D eigenvalue weighted by atomic mass is 19.3. The van der Waals surface area contributed by atoms with Crippen LogP contribution in [0.3, 0.4) is 0 Å². The van der Waals surface area contributed by atoms with Gasteiger partial charge in [-0.1, -0.05) is 18.2 Å². The number of benzene rings is 1. The van der Waals surface area contributed by atoms with E-state index >= 15 is 0 Å². The van der Waals surface area contributed by atoms with Crippen molar-refractivity contribution in [2.24, 2.45) is 4.99 Å². The van der Waals surface area contributed by atoms with E-state index in [1.54, 1.807) is 0 Å². The molecule has 126 valence electrons. The molecular formula is C19H16F2N4. The summed E-state index contributed by atoms with van der Waals surface area (Å²) in [6.07, 6.45) is 0.821. The Morgan fingerprint density at radius 1 is 1.20 bits per heavy atom. The van der Waals surface area contributed by atoms with Gasteiger partial charge in [-0.25, -0.2) is 13.8 Å². The van der Waals surface area contributed by atoms with Gasteiger partial charge < -0.3 is 4.57 Å². The first kappa shape index (κ1) is 15.6. The fourth-order valence-electron chi connectivity index (χ4n) is 3.08. The van der Waals surface area contributed by atoms with E-state index in [-0.39, 0.29) is 0 Å². The highest BCUT2D eigenvalue weighted by Crippen LogP contribution is 2.32. The Labute approximate surface area is 143 Å². The molecule has 2 aromatic heterocycles. The molecule has 0 unspecified atom stereocenters. The van der Waals surface area contributed by atoms with Crippen LogP contribution in [0.2, 0.25) is 0 Å². The summed E-state index contributed by atoms with van der Waals surface area (Å²) >= 11 is 0. The summed E-state index contributed by atoms with van der Waals surface area (Å²) in [6.45, 7) is 2.16. The Kier molecular flexibility index (Phi) is 3.87. The predicted octanol–water partition coefficient (Wildman–Crippen LogP) is 4.12. The van der Waals surface area contributed by atoms with Crippen LogP contribution >= 0.6 is 0 Å². The summed E-state index contributed by atoms with van der Waals surface area (Å²) < 4.78 is 27.6. The van der Waals surface area contributed by atoms with E-state index < -0.39 is 13.0 Å². The number of pyridine rings is 1. The van der Waals surface area contributed by atoms with Crippen LogP contribution in [0.4, 0.5) is 8.78 Å². The lowest BCUT2D eigenvalue weighted by Crippen LogP contribution is -2.07. The fourth-order valence-corrected chi connectivity index (χ4v) is 3.08. The third-order valence-electron chi connectivity index (χ3n) is 4.21. The lowest BCUT2D eigenvalue weighted by molar-refractivity contribution is 0.127. The van der Waals surface area contributed by atoms with Crippen molar-refractivity contribution in [3.8, 4) is 22.6 Å². The molecule has 0 spiro atoms. The van der Waals surface area contributed by atoms with Crippen molar-refractivity contribution >= 4 is 6.21 Å². The molecule has 4 rings (SSSR count). The average Bonchev–Trinajstić information content (AvgIpc) is 3.20. The predicted molar refractivity (Wildman–Crippen MR) is 92.9 cm³/mol. The summed E-state index contributed by atoms with van der Waals surface area (Å²) in [5.74, 6) is 0. The molecule has 0 N–H and O–H groups in total. The van der Waals surface area contributed by atoms with Gasteiger partial charge >= 0.3 is 0 Å². The molecule has 0 saturated heterocycles. The van der Waals surface area contributed by atoms with Gasteiger partial charge in [-0.15, -0.1) is 0 Å². The number of rotatable bonds is 4. The van der Waals surface area contributed by atoms with E-state index in [4.69, 9.17) is 0 Å². The first-order chi connectivity index (χ1) is 12.1. The van der Waals surface area contributed by atoms with E-state index in [0.29, 0.717) is 23.6 Å². The van der Waals surface area contributed by atoms with Crippen molar-refractivity contribution in [2.75, 3.05) is 0 Å². The molecule has 0 saturated carbocycles. The lowest BCUT2D eigenvalue weighted by atomic mass is 10.0. The standard InChI is InChI=1S/C19H16F2N4/c1-12-3-2-4-16(24-12)18-19(25(11-23-18)10-17(20)21)13-5-6-14-8-22-9-15(14)7-13/h2-7,9,11,17H,8,10H2,1H3. The topological polar surface area (TPSA) is 43.1 Å². The van der Waals surface area contributed by atoms with Crippen LogP contribution in [-0.2, 0) is 13.1 Å². The average molecular weight is 338 g/mol. The fraction of sp³-hybridized carbons (Fsp3) is 0.211. The van der Waals surface area contributed by atoms with Gasteiger partial charge in [0.25, 0.3) is 6.43 Å². The molecule has 1 aromatic carbocycles. The second kappa shape index (κ2) is 6.20. The highest BCUT2D eigenvalue weighted by molar-refractivity contribution is 5.88. The normalized spacial score (nSPS) is 12.8. The second-order valence-electron chi connectivity index (χ2n) is 6.03. The number of halogens is 2. The molecule has 1 aliphatic heterocycles. The minimum Gasteiger partial charge on any atom is -0.324 e. The largest absolute Gasteiger partial charge is 0.324 e. The van der Waals surface area contributed by atoms with E-state index in [1.165, 1.54) is 10.9 Å². The number of aryl methyl sites for hydroxylation is 1. The first-order valence-electron chi connectivity index (χ1n) is 8.02. The number of nitrogens with zero attached hydrogens (tertiary/aromatic N) is 4. The molecule has 25 heavy (non-hydrogen) atoms. The SMILES string of the molecule is Cc1cccc(-c2ncn(CC(F)F)c2-c2ccc3c(c2)C=NC3)n1. The van der Waals surface area contributed by atoms with Gasteiger partial charge in [0.2, 0.25) is 0 Å². The van der Waals surface area contributed by atoms with Crippen LogP contribution in [0, 0.1) is 6.92 Å². The number of hydrogen-bond donors (Lipinski definition) is 0. The van der Waals surface area contributed by atoms with Crippen LogP contribution in [0.15, 0.2) is 47.7 Å². The van der Waals surface area contributed by atoms with Crippen molar-refractivity contribution < 1.29 is 8.78 Å². The summed E-state index contributed by atoms with van der Waals surface area (Å²) in [7, 11) is 0. The smallest absolute Gasteiger partial charge is 0.256 e. The van der Waals surface area contributed by atoms with E-state index in [0.717, 1.165) is 22.4 Å². The lowest BCUT2D eigenvalue weighted by Gasteiger charge is -2.11. The summed E-state index contributed by atoms with van der Waals surface area (Å²) in [4.78, 5) is 13.1. The molecule has 0 amide bonds. The maximum absolute atomic E-state index is 13.0. The molecule has 0 radical (unpaired) electrons. The molecule has 0 atom stereocenters.